The van der Waals surface area contributed by atoms with Crippen molar-refractivity contribution in [1.82, 2.24) is 10.3 Å². The van der Waals surface area contributed by atoms with Gasteiger partial charge in [0.2, 0.25) is 5.91 Å². The van der Waals surface area contributed by atoms with E-state index in [2.05, 4.69) is 10.3 Å². The molecule has 0 spiro atoms. The maximum Gasteiger partial charge on any atom is 0.230 e. The van der Waals surface area contributed by atoms with Gasteiger partial charge in [0.05, 0.1) is 31.2 Å². The van der Waals surface area contributed by atoms with Gasteiger partial charge in [0.1, 0.15) is 11.5 Å². The van der Waals surface area contributed by atoms with E-state index in [0.717, 1.165) is 33.0 Å². The maximum atomic E-state index is 12.0. The highest BCUT2D eigenvalue weighted by atomic mass is 32.2. The van der Waals surface area contributed by atoms with E-state index in [9.17, 15) is 4.79 Å². The summed E-state index contributed by atoms with van der Waals surface area (Å²) >= 11 is 1.49. The largest absolute Gasteiger partial charge is 0.497 e. The number of nitrogens with one attached hydrogen (secondary N) is 1. The average Bonchev–Trinajstić information content (AvgIpc) is 3.11. The molecule has 24 heavy (non-hydrogen) atoms. The molecule has 5 nitrogen and oxygen atoms in total. The standard InChI is InChI=1S/C18H18N2O3S/c1-12-8-17(15-9-13(22-2)5-6-16(15)20-12)24-11-18(21)19-10-14-4-3-7-23-14/h3-9H,10-11H2,1-2H3,(H,19,21). The summed E-state index contributed by atoms with van der Waals surface area (Å²) in [7, 11) is 1.64. The normalized spacial score (nSPS) is 10.8. The second-order valence-electron chi connectivity index (χ2n) is 5.29. The smallest absolute Gasteiger partial charge is 0.230 e. The molecular formula is C18H18N2O3S. The SMILES string of the molecule is COc1ccc2nc(C)cc(SCC(=O)NCc3ccco3)c2c1. The van der Waals surface area contributed by atoms with Crippen LogP contribution in [0.3, 0.4) is 0 Å². The van der Waals surface area contributed by atoms with Crippen LogP contribution in [-0.4, -0.2) is 23.8 Å². The van der Waals surface area contributed by atoms with Crippen molar-refractivity contribution in [2.24, 2.45) is 0 Å². The van der Waals surface area contributed by atoms with Gasteiger partial charge in [-0.3, -0.25) is 9.78 Å². The van der Waals surface area contributed by atoms with Crippen molar-refractivity contribution in [2.45, 2.75) is 18.4 Å². The number of rotatable bonds is 6. The summed E-state index contributed by atoms with van der Waals surface area (Å²) < 4.78 is 10.5. The molecule has 0 fully saturated rings. The average molecular weight is 342 g/mol. The Bertz CT molecular complexity index is 847. The Labute approximate surface area is 144 Å². The van der Waals surface area contributed by atoms with Crippen LogP contribution in [0.4, 0.5) is 0 Å². The summed E-state index contributed by atoms with van der Waals surface area (Å²) in [5.41, 5.74) is 1.82. The van der Waals surface area contributed by atoms with Gasteiger partial charge in [0.25, 0.3) is 0 Å². The predicted octanol–water partition coefficient (Wildman–Crippen LogP) is 3.55. The van der Waals surface area contributed by atoms with Gasteiger partial charge in [-0.25, -0.2) is 0 Å². The maximum absolute atomic E-state index is 12.0. The number of aryl methyl sites for hydroxylation is 1. The van der Waals surface area contributed by atoms with Gasteiger partial charge in [-0.1, -0.05) is 0 Å². The number of methoxy groups -OCH3 is 1. The summed E-state index contributed by atoms with van der Waals surface area (Å²) in [6.45, 7) is 2.35. The lowest BCUT2D eigenvalue weighted by Crippen LogP contribution is -2.24. The molecule has 2 heterocycles. The number of thioether (sulfide) groups is 1. The number of amides is 1. The van der Waals surface area contributed by atoms with E-state index in [1.807, 2.05) is 37.3 Å². The topological polar surface area (TPSA) is 64.4 Å². The van der Waals surface area contributed by atoms with Crippen molar-refractivity contribution in [3.8, 4) is 5.75 Å². The van der Waals surface area contributed by atoms with Crippen LogP contribution >= 0.6 is 11.8 Å². The number of fused-ring (bicyclic) bond motifs is 1. The number of hydrogen-bond acceptors (Lipinski definition) is 5. The van der Waals surface area contributed by atoms with Crippen LogP contribution in [0.2, 0.25) is 0 Å². The molecule has 0 unspecified atom stereocenters. The number of hydrogen-bond donors (Lipinski definition) is 1. The fourth-order valence-corrected chi connectivity index (χ4v) is 3.30. The lowest BCUT2D eigenvalue weighted by molar-refractivity contribution is -0.118. The van der Waals surface area contributed by atoms with E-state index in [0.29, 0.717) is 12.3 Å². The first-order valence-corrected chi connectivity index (χ1v) is 8.51. The first-order valence-electron chi connectivity index (χ1n) is 7.53. The number of nitrogens with zero attached hydrogens (tertiary/aromatic N) is 1. The van der Waals surface area contributed by atoms with Gasteiger partial charge in [0.15, 0.2) is 0 Å². The first kappa shape index (κ1) is 16.4. The number of carbonyl (C=O) groups excluding carboxylic acids is 1. The van der Waals surface area contributed by atoms with Gasteiger partial charge < -0.3 is 14.5 Å². The van der Waals surface area contributed by atoms with Crippen molar-refractivity contribution in [3.05, 3.63) is 54.1 Å². The monoisotopic (exact) mass is 342 g/mol. The van der Waals surface area contributed by atoms with Crippen molar-refractivity contribution >= 4 is 28.6 Å². The third kappa shape index (κ3) is 3.89. The van der Waals surface area contributed by atoms with Crippen molar-refractivity contribution < 1.29 is 13.9 Å². The van der Waals surface area contributed by atoms with E-state index in [1.54, 1.807) is 19.4 Å². The fraction of sp³-hybridized carbons (Fsp3) is 0.222. The second kappa shape index (κ2) is 7.40. The summed E-state index contributed by atoms with van der Waals surface area (Å²) in [5.74, 6) is 1.80. The molecule has 3 aromatic rings. The van der Waals surface area contributed by atoms with Gasteiger partial charge in [0, 0.05) is 16.0 Å². The molecule has 0 saturated heterocycles. The molecule has 0 radical (unpaired) electrons. The van der Waals surface area contributed by atoms with Crippen LogP contribution in [0.25, 0.3) is 10.9 Å². The van der Waals surface area contributed by atoms with Gasteiger partial charge in [-0.05, 0) is 43.3 Å². The molecule has 0 atom stereocenters. The predicted molar refractivity (Wildman–Crippen MR) is 94.3 cm³/mol. The molecule has 0 saturated carbocycles. The molecule has 3 rings (SSSR count). The minimum absolute atomic E-state index is 0.0399. The molecule has 1 aromatic carbocycles. The molecule has 1 N–H and O–H groups in total. The highest BCUT2D eigenvalue weighted by Gasteiger charge is 2.09. The molecule has 1 amide bonds. The van der Waals surface area contributed by atoms with Crippen molar-refractivity contribution in [2.75, 3.05) is 12.9 Å². The quantitative estimate of drug-likeness (QED) is 0.694. The van der Waals surface area contributed by atoms with Crippen LogP contribution in [0.1, 0.15) is 11.5 Å². The number of aromatic nitrogens is 1. The molecule has 124 valence electrons. The Morgan fingerprint density at radius 2 is 2.21 bits per heavy atom. The summed E-state index contributed by atoms with van der Waals surface area (Å²) in [5, 5.41) is 3.84. The Morgan fingerprint density at radius 1 is 1.33 bits per heavy atom. The zero-order valence-corrected chi connectivity index (χ0v) is 14.4. The summed E-state index contributed by atoms with van der Waals surface area (Å²) in [4.78, 5) is 17.6. The summed E-state index contributed by atoms with van der Waals surface area (Å²) in [6.07, 6.45) is 1.59. The Balaban J connectivity index is 1.70. The Morgan fingerprint density at radius 3 is 2.96 bits per heavy atom. The van der Waals surface area contributed by atoms with E-state index in [4.69, 9.17) is 9.15 Å². The molecule has 0 bridgehead atoms. The summed E-state index contributed by atoms with van der Waals surface area (Å²) in [6, 6.07) is 11.4. The number of furan rings is 1. The second-order valence-corrected chi connectivity index (χ2v) is 6.31. The molecule has 0 aliphatic heterocycles. The van der Waals surface area contributed by atoms with E-state index < -0.39 is 0 Å². The Hall–Kier alpha value is -2.47. The van der Waals surface area contributed by atoms with Crippen LogP contribution in [0.5, 0.6) is 5.75 Å². The molecule has 6 heteroatoms. The molecule has 0 aliphatic rings. The van der Waals surface area contributed by atoms with Crippen LogP contribution in [0.15, 0.2) is 52.0 Å². The Kier molecular flexibility index (Phi) is 5.05. The zero-order chi connectivity index (χ0) is 16.9. The van der Waals surface area contributed by atoms with Crippen LogP contribution in [0, 0.1) is 6.92 Å². The van der Waals surface area contributed by atoms with E-state index in [1.165, 1.54) is 11.8 Å². The fourth-order valence-electron chi connectivity index (χ4n) is 2.34. The third-order valence-electron chi connectivity index (χ3n) is 3.50. The highest BCUT2D eigenvalue weighted by molar-refractivity contribution is 8.00. The van der Waals surface area contributed by atoms with Crippen molar-refractivity contribution in [1.29, 1.82) is 0 Å². The van der Waals surface area contributed by atoms with Gasteiger partial charge in [-0.15, -0.1) is 11.8 Å². The number of benzene rings is 1. The minimum atomic E-state index is -0.0399. The van der Waals surface area contributed by atoms with Crippen molar-refractivity contribution in [3.63, 3.8) is 0 Å². The minimum Gasteiger partial charge on any atom is -0.497 e. The number of pyridine rings is 1. The highest BCUT2D eigenvalue weighted by Crippen LogP contribution is 2.30. The first-order chi connectivity index (χ1) is 11.7. The number of ether oxygens (including phenoxy) is 1. The molecule has 2 aromatic heterocycles. The van der Waals surface area contributed by atoms with Gasteiger partial charge >= 0.3 is 0 Å². The third-order valence-corrected chi connectivity index (χ3v) is 4.56. The van der Waals surface area contributed by atoms with Crippen LogP contribution < -0.4 is 10.1 Å². The lowest BCUT2D eigenvalue weighted by atomic mass is 10.2. The van der Waals surface area contributed by atoms with E-state index >= 15 is 0 Å². The van der Waals surface area contributed by atoms with Gasteiger partial charge in [-0.2, -0.15) is 0 Å². The molecular weight excluding hydrogens is 324 g/mol. The lowest BCUT2D eigenvalue weighted by Gasteiger charge is -2.09. The molecule has 0 aliphatic carbocycles. The van der Waals surface area contributed by atoms with E-state index in [-0.39, 0.29) is 5.91 Å². The number of carbonyl (C=O) groups is 1. The zero-order valence-electron chi connectivity index (χ0n) is 13.5. The van der Waals surface area contributed by atoms with Crippen LogP contribution in [-0.2, 0) is 11.3 Å².